The molecule has 1 aromatic heterocycles. The van der Waals surface area contributed by atoms with Gasteiger partial charge in [0.2, 0.25) is 5.91 Å². The molecule has 0 bridgehead atoms. The van der Waals surface area contributed by atoms with Crippen molar-refractivity contribution in [1.82, 2.24) is 9.88 Å². The van der Waals surface area contributed by atoms with E-state index in [-0.39, 0.29) is 5.91 Å². The number of carbonyl (C=O) groups excluding carboxylic acids is 1. The first-order valence-corrected chi connectivity index (χ1v) is 8.34. The lowest BCUT2D eigenvalue weighted by Gasteiger charge is -2.09. The van der Waals surface area contributed by atoms with E-state index in [0.29, 0.717) is 26.1 Å². The SMILES string of the molecule is COc1ccc(OCCNC(=O)CCn2ccc3ccccc32)cc1. The van der Waals surface area contributed by atoms with Crippen molar-refractivity contribution < 1.29 is 14.3 Å². The van der Waals surface area contributed by atoms with Crippen LogP contribution in [0.2, 0.25) is 0 Å². The summed E-state index contributed by atoms with van der Waals surface area (Å²) in [6, 6.07) is 17.6. The van der Waals surface area contributed by atoms with Gasteiger partial charge in [-0.25, -0.2) is 0 Å². The summed E-state index contributed by atoms with van der Waals surface area (Å²) in [4.78, 5) is 12.0. The van der Waals surface area contributed by atoms with Gasteiger partial charge in [0, 0.05) is 24.7 Å². The minimum Gasteiger partial charge on any atom is -0.497 e. The molecule has 0 spiro atoms. The molecule has 0 aliphatic heterocycles. The van der Waals surface area contributed by atoms with Gasteiger partial charge in [0.05, 0.1) is 13.7 Å². The fraction of sp³-hybridized carbons (Fsp3) is 0.250. The molecule has 2 aromatic carbocycles. The number of fused-ring (bicyclic) bond motifs is 1. The number of aryl methyl sites for hydroxylation is 1. The Morgan fingerprint density at radius 1 is 1.04 bits per heavy atom. The smallest absolute Gasteiger partial charge is 0.221 e. The molecule has 0 unspecified atom stereocenters. The van der Waals surface area contributed by atoms with Gasteiger partial charge < -0.3 is 19.4 Å². The van der Waals surface area contributed by atoms with Crippen LogP contribution in [0.5, 0.6) is 11.5 Å². The molecule has 1 N–H and O–H groups in total. The Labute approximate surface area is 147 Å². The number of amides is 1. The first-order chi connectivity index (χ1) is 12.3. The first-order valence-electron chi connectivity index (χ1n) is 8.34. The quantitative estimate of drug-likeness (QED) is 0.642. The van der Waals surface area contributed by atoms with Gasteiger partial charge in [0.15, 0.2) is 0 Å². The van der Waals surface area contributed by atoms with Crippen LogP contribution in [-0.2, 0) is 11.3 Å². The van der Waals surface area contributed by atoms with E-state index in [2.05, 4.69) is 28.1 Å². The molecule has 0 saturated carbocycles. The normalized spacial score (nSPS) is 10.6. The third-order valence-electron chi connectivity index (χ3n) is 4.01. The van der Waals surface area contributed by atoms with E-state index < -0.39 is 0 Å². The van der Waals surface area contributed by atoms with Crippen LogP contribution in [0.1, 0.15) is 6.42 Å². The molecule has 130 valence electrons. The fourth-order valence-electron chi connectivity index (χ4n) is 2.68. The topological polar surface area (TPSA) is 52.5 Å². The average Bonchev–Trinajstić information content (AvgIpc) is 3.07. The first kappa shape index (κ1) is 16.9. The van der Waals surface area contributed by atoms with Crippen molar-refractivity contribution in [3.05, 3.63) is 60.8 Å². The Morgan fingerprint density at radius 2 is 1.80 bits per heavy atom. The van der Waals surface area contributed by atoms with Gasteiger partial charge in [-0.15, -0.1) is 0 Å². The number of rotatable bonds is 8. The van der Waals surface area contributed by atoms with Crippen LogP contribution in [0.3, 0.4) is 0 Å². The number of aromatic nitrogens is 1. The minimum absolute atomic E-state index is 0.0242. The van der Waals surface area contributed by atoms with Gasteiger partial charge in [-0.3, -0.25) is 4.79 Å². The molecule has 0 radical (unpaired) electrons. The number of ether oxygens (including phenoxy) is 2. The van der Waals surface area contributed by atoms with Gasteiger partial charge in [-0.2, -0.15) is 0 Å². The zero-order chi connectivity index (χ0) is 17.5. The van der Waals surface area contributed by atoms with Crippen LogP contribution in [0.25, 0.3) is 10.9 Å². The molecule has 3 rings (SSSR count). The van der Waals surface area contributed by atoms with E-state index in [0.717, 1.165) is 17.0 Å². The summed E-state index contributed by atoms with van der Waals surface area (Å²) in [6.07, 6.45) is 2.46. The molecule has 0 atom stereocenters. The van der Waals surface area contributed by atoms with Gasteiger partial charge in [0.25, 0.3) is 0 Å². The minimum atomic E-state index is 0.0242. The summed E-state index contributed by atoms with van der Waals surface area (Å²) < 4.78 is 12.8. The van der Waals surface area contributed by atoms with Gasteiger partial charge in [0.1, 0.15) is 18.1 Å². The number of para-hydroxylation sites is 1. The van der Waals surface area contributed by atoms with Crippen molar-refractivity contribution in [1.29, 1.82) is 0 Å². The number of methoxy groups -OCH3 is 1. The standard InChI is InChI=1S/C20H22N2O3/c1-24-17-6-8-18(9-7-17)25-15-12-21-20(23)11-14-22-13-10-16-4-2-3-5-19(16)22/h2-10,13H,11-12,14-15H2,1H3,(H,21,23). The molecular formula is C20H22N2O3. The summed E-state index contributed by atoms with van der Waals surface area (Å²) in [5.74, 6) is 1.57. The van der Waals surface area contributed by atoms with Crippen LogP contribution in [-0.4, -0.2) is 30.7 Å². The molecule has 5 heteroatoms. The van der Waals surface area contributed by atoms with Gasteiger partial charge in [-0.05, 0) is 41.8 Å². The van der Waals surface area contributed by atoms with Gasteiger partial charge >= 0.3 is 0 Å². The van der Waals surface area contributed by atoms with E-state index in [9.17, 15) is 4.79 Å². The molecule has 0 aliphatic rings. The zero-order valence-electron chi connectivity index (χ0n) is 14.3. The second-order valence-electron chi connectivity index (χ2n) is 5.69. The third kappa shape index (κ3) is 4.53. The predicted molar refractivity (Wildman–Crippen MR) is 98.1 cm³/mol. The largest absolute Gasteiger partial charge is 0.497 e. The second kappa shape index (κ2) is 8.24. The Bertz CT molecular complexity index is 824. The molecule has 0 aliphatic carbocycles. The van der Waals surface area contributed by atoms with Crippen LogP contribution < -0.4 is 14.8 Å². The molecule has 25 heavy (non-hydrogen) atoms. The number of hydrogen-bond acceptors (Lipinski definition) is 3. The zero-order valence-corrected chi connectivity index (χ0v) is 14.3. The number of carbonyl (C=O) groups is 1. The van der Waals surface area contributed by atoms with Crippen molar-refractivity contribution in [3.63, 3.8) is 0 Å². The van der Waals surface area contributed by atoms with Crippen LogP contribution >= 0.6 is 0 Å². The highest BCUT2D eigenvalue weighted by atomic mass is 16.5. The summed E-state index contributed by atoms with van der Waals surface area (Å²) in [5.41, 5.74) is 1.15. The van der Waals surface area contributed by atoms with Crippen LogP contribution in [0, 0.1) is 0 Å². The maximum atomic E-state index is 12.0. The third-order valence-corrected chi connectivity index (χ3v) is 4.01. The lowest BCUT2D eigenvalue weighted by Crippen LogP contribution is -2.28. The Balaban J connectivity index is 1.38. The van der Waals surface area contributed by atoms with E-state index >= 15 is 0 Å². The summed E-state index contributed by atoms with van der Waals surface area (Å²) in [7, 11) is 1.63. The Kier molecular flexibility index (Phi) is 5.57. The molecule has 0 saturated heterocycles. The highest BCUT2D eigenvalue weighted by Gasteiger charge is 2.04. The van der Waals surface area contributed by atoms with Crippen molar-refractivity contribution in [2.24, 2.45) is 0 Å². The van der Waals surface area contributed by atoms with E-state index in [1.54, 1.807) is 7.11 Å². The summed E-state index contributed by atoms with van der Waals surface area (Å²) in [6.45, 7) is 1.58. The van der Waals surface area contributed by atoms with Crippen molar-refractivity contribution >= 4 is 16.8 Å². The summed E-state index contributed by atoms with van der Waals surface area (Å²) >= 11 is 0. The molecule has 1 amide bonds. The Hall–Kier alpha value is -2.95. The summed E-state index contributed by atoms with van der Waals surface area (Å²) in [5, 5.41) is 4.07. The molecule has 1 heterocycles. The lowest BCUT2D eigenvalue weighted by atomic mass is 10.2. The average molecular weight is 338 g/mol. The number of nitrogens with zero attached hydrogens (tertiary/aromatic N) is 1. The second-order valence-corrected chi connectivity index (χ2v) is 5.69. The monoisotopic (exact) mass is 338 g/mol. The maximum absolute atomic E-state index is 12.0. The van der Waals surface area contributed by atoms with E-state index in [1.807, 2.05) is 42.6 Å². The van der Waals surface area contributed by atoms with Crippen molar-refractivity contribution in [2.75, 3.05) is 20.3 Å². The molecule has 0 fully saturated rings. The van der Waals surface area contributed by atoms with Crippen molar-refractivity contribution in [3.8, 4) is 11.5 Å². The Morgan fingerprint density at radius 3 is 2.60 bits per heavy atom. The highest BCUT2D eigenvalue weighted by molar-refractivity contribution is 5.80. The van der Waals surface area contributed by atoms with Crippen LogP contribution in [0.15, 0.2) is 60.8 Å². The maximum Gasteiger partial charge on any atom is 0.221 e. The molecule has 3 aromatic rings. The molecule has 5 nitrogen and oxygen atoms in total. The van der Waals surface area contributed by atoms with E-state index in [4.69, 9.17) is 9.47 Å². The highest BCUT2D eigenvalue weighted by Crippen LogP contribution is 2.17. The number of nitrogens with one attached hydrogen (secondary N) is 1. The van der Waals surface area contributed by atoms with E-state index in [1.165, 1.54) is 5.39 Å². The number of benzene rings is 2. The predicted octanol–water partition coefficient (Wildman–Crippen LogP) is 3.24. The van der Waals surface area contributed by atoms with Crippen LogP contribution in [0.4, 0.5) is 0 Å². The van der Waals surface area contributed by atoms with Gasteiger partial charge in [-0.1, -0.05) is 18.2 Å². The lowest BCUT2D eigenvalue weighted by molar-refractivity contribution is -0.121. The molecular weight excluding hydrogens is 316 g/mol. The fourth-order valence-corrected chi connectivity index (χ4v) is 2.68. The van der Waals surface area contributed by atoms with Crippen molar-refractivity contribution in [2.45, 2.75) is 13.0 Å². The number of hydrogen-bond donors (Lipinski definition) is 1.